The van der Waals surface area contributed by atoms with Crippen LogP contribution in [0.15, 0.2) is 18.2 Å². The molecule has 1 aliphatic rings. The SMILES string of the molecule is Cc1ccc2c(c1)OC(CC(C)O)C2. The second kappa shape index (κ2) is 3.62. The Hall–Kier alpha value is -1.02. The van der Waals surface area contributed by atoms with Gasteiger partial charge in [0.25, 0.3) is 0 Å². The number of fused-ring (bicyclic) bond motifs is 1. The minimum absolute atomic E-state index is 0.159. The molecule has 0 spiro atoms. The molecule has 1 aliphatic heterocycles. The quantitative estimate of drug-likeness (QED) is 0.777. The molecule has 2 unspecified atom stereocenters. The second-order valence-corrected chi connectivity index (χ2v) is 4.14. The van der Waals surface area contributed by atoms with Crippen molar-refractivity contribution in [3.05, 3.63) is 29.3 Å². The highest BCUT2D eigenvalue weighted by Crippen LogP contribution is 2.31. The monoisotopic (exact) mass is 192 g/mol. The molecule has 1 heterocycles. The van der Waals surface area contributed by atoms with E-state index in [-0.39, 0.29) is 12.2 Å². The van der Waals surface area contributed by atoms with Crippen molar-refractivity contribution in [1.29, 1.82) is 0 Å². The van der Waals surface area contributed by atoms with Gasteiger partial charge in [0.05, 0.1) is 6.10 Å². The third kappa shape index (κ3) is 1.90. The van der Waals surface area contributed by atoms with Gasteiger partial charge in [-0.05, 0) is 31.0 Å². The van der Waals surface area contributed by atoms with Crippen LogP contribution in [-0.4, -0.2) is 17.3 Å². The summed E-state index contributed by atoms with van der Waals surface area (Å²) in [6.45, 7) is 3.86. The van der Waals surface area contributed by atoms with E-state index in [1.54, 1.807) is 6.92 Å². The number of aliphatic hydroxyl groups is 1. The zero-order valence-electron chi connectivity index (χ0n) is 8.66. The third-order valence-electron chi connectivity index (χ3n) is 2.57. The Bertz CT molecular complexity index is 331. The van der Waals surface area contributed by atoms with Gasteiger partial charge in [-0.2, -0.15) is 0 Å². The largest absolute Gasteiger partial charge is 0.490 e. The Morgan fingerprint density at radius 1 is 1.57 bits per heavy atom. The lowest BCUT2D eigenvalue weighted by molar-refractivity contribution is 0.118. The Morgan fingerprint density at radius 2 is 2.36 bits per heavy atom. The molecule has 2 heteroatoms. The van der Waals surface area contributed by atoms with E-state index in [1.807, 2.05) is 0 Å². The molecule has 0 saturated carbocycles. The molecule has 0 aliphatic carbocycles. The first-order chi connectivity index (χ1) is 6.65. The van der Waals surface area contributed by atoms with Crippen LogP contribution in [0.3, 0.4) is 0 Å². The molecule has 2 atom stereocenters. The van der Waals surface area contributed by atoms with Crippen molar-refractivity contribution in [1.82, 2.24) is 0 Å². The van der Waals surface area contributed by atoms with Gasteiger partial charge in [0.2, 0.25) is 0 Å². The summed E-state index contributed by atoms with van der Waals surface area (Å²) in [5.74, 6) is 0.996. The summed E-state index contributed by atoms with van der Waals surface area (Å²) in [4.78, 5) is 0. The fourth-order valence-electron chi connectivity index (χ4n) is 1.92. The maximum absolute atomic E-state index is 9.27. The van der Waals surface area contributed by atoms with E-state index in [4.69, 9.17) is 4.74 Å². The minimum atomic E-state index is -0.282. The standard InChI is InChI=1S/C12H16O2/c1-8-3-4-10-7-11(6-9(2)13)14-12(10)5-8/h3-5,9,11,13H,6-7H2,1-2H3. The molecule has 1 aromatic carbocycles. The summed E-state index contributed by atoms with van der Waals surface area (Å²) < 4.78 is 5.74. The number of aryl methyl sites for hydroxylation is 1. The molecule has 0 fully saturated rings. The molecular formula is C12H16O2. The van der Waals surface area contributed by atoms with Crippen LogP contribution in [0.4, 0.5) is 0 Å². The molecule has 0 saturated heterocycles. The summed E-state index contributed by atoms with van der Waals surface area (Å²) in [6, 6.07) is 6.29. The second-order valence-electron chi connectivity index (χ2n) is 4.14. The zero-order valence-corrected chi connectivity index (χ0v) is 8.66. The normalized spacial score (nSPS) is 21.5. The van der Waals surface area contributed by atoms with Gasteiger partial charge in [0.1, 0.15) is 11.9 Å². The van der Waals surface area contributed by atoms with E-state index >= 15 is 0 Å². The first-order valence-corrected chi connectivity index (χ1v) is 5.09. The van der Waals surface area contributed by atoms with Crippen molar-refractivity contribution in [2.24, 2.45) is 0 Å². The lowest BCUT2D eigenvalue weighted by Crippen LogP contribution is -2.19. The summed E-state index contributed by atoms with van der Waals surface area (Å²) in [6.07, 6.45) is 1.52. The maximum Gasteiger partial charge on any atom is 0.123 e. The van der Waals surface area contributed by atoms with Crippen LogP contribution in [0.1, 0.15) is 24.5 Å². The smallest absolute Gasteiger partial charge is 0.123 e. The highest BCUT2D eigenvalue weighted by atomic mass is 16.5. The van der Waals surface area contributed by atoms with Crippen LogP contribution in [0.25, 0.3) is 0 Å². The number of rotatable bonds is 2. The molecule has 2 rings (SSSR count). The minimum Gasteiger partial charge on any atom is -0.490 e. The Kier molecular flexibility index (Phi) is 2.46. The van der Waals surface area contributed by atoms with E-state index in [0.29, 0.717) is 6.42 Å². The highest BCUT2D eigenvalue weighted by molar-refractivity contribution is 5.40. The van der Waals surface area contributed by atoms with E-state index in [9.17, 15) is 5.11 Å². The molecule has 0 bridgehead atoms. The molecule has 14 heavy (non-hydrogen) atoms. The van der Waals surface area contributed by atoms with Crippen LogP contribution >= 0.6 is 0 Å². The average Bonchev–Trinajstić information content (AvgIpc) is 2.44. The molecule has 1 N–H and O–H groups in total. The van der Waals surface area contributed by atoms with Crippen molar-refractivity contribution in [2.75, 3.05) is 0 Å². The van der Waals surface area contributed by atoms with Gasteiger partial charge in [-0.1, -0.05) is 12.1 Å². The van der Waals surface area contributed by atoms with Crippen LogP contribution in [0.2, 0.25) is 0 Å². The maximum atomic E-state index is 9.27. The first-order valence-electron chi connectivity index (χ1n) is 5.09. The van der Waals surface area contributed by atoms with Gasteiger partial charge in [-0.25, -0.2) is 0 Å². The van der Waals surface area contributed by atoms with Gasteiger partial charge < -0.3 is 9.84 Å². The van der Waals surface area contributed by atoms with Crippen LogP contribution in [-0.2, 0) is 6.42 Å². The van der Waals surface area contributed by atoms with Crippen LogP contribution < -0.4 is 4.74 Å². The van der Waals surface area contributed by atoms with E-state index in [2.05, 4.69) is 25.1 Å². The molecule has 76 valence electrons. The van der Waals surface area contributed by atoms with E-state index in [0.717, 1.165) is 12.2 Å². The van der Waals surface area contributed by atoms with Crippen LogP contribution in [0, 0.1) is 6.92 Å². The molecule has 1 aromatic rings. The lowest BCUT2D eigenvalue weighted by atomic mass is 10.1. The van der Waals surface area contributed by atoms with Gasteiger partial charge in [0.15, 0.2) is 0 Å². The van der Waals surface area contributed by atoms with Gasteiger partial charge in [-0.3, -0.25) is 0 Å². The summed E-state index contributed by atoms with van der Waals surface area (Å²) in [7, 11) is 0. The number of ether oxygens (including phenoxy) is 1. The fraction of sp³-hybridized carbons (Fsp3) is 0.500. The van der Waals surface area contributed by atoms with Crippen molar-refractivity contribution < 1.29 is 9.84 Å². The number of hydrogen-bond donors (Lipinski definition) is 1. The average molecular weight is 192 g/mol. The van der Waals surface area contributed by atoms with Crippen LogP contribution in [0.5, 0.6) is 5.75 Å². The topological polar surface area (TPSA) is 29.5 Å². The fourth-order valence-corrected chi connectivity index (χ4v) is 1.92. The number of benzene rings is 1. The lowest BCUT2D eigenvalue weighted by Gasteiger charge is -2.11. The zero-order chi connectivity index (χ0) is 10.1. The van der Waals surface area contributed by atoms with Crippen molar-refractivity contribution in [2.45, 2.75) is 38.9 Å². The summed E-state index contributed by atoms with van der Waals surface area (Å²) in [5.41, 5.74) is 2.49. The summed E-state index contributed by atoms with van der Waals surface area (Å²) >= 11 is 0. The third-order valence-corrected chi connectivity index (χ3v) is 2.57. The number of hydrogen-bond acceptors (Lipinski definition) is 2. The Morgan fingerprint density at radius 3 is 3.07 bits per heavy atom. The van der Waals surface area contributed by atoms with Crippen molar-refractivity contribution in [3.63, 3.8) is 0 Å². The molecule has 0 aromatic heterocycles. The molecule has 0 radical (unpaired) electrons. The van der Waals surface area contributed by atoms with Crippen molar-refractivity contribution in [3.8, 4) is 5.75 Å². The highest BCUT2D eigenvalue weighted by Gasteiger charge is 2.23. The van der Waals surface area contributed by atoms with E-state index in [1.165, 1.54) is 11.1 Å². The number of aliphatic hydroxyl groups excluding tert-OH is 1. The first kappa shape index (κ1) is 9.53. The van der Waals surface area contributed by atoms with E-state index < -0.39 is 0 Å². The molecule has 2 nitrogen and oxygen atoms in total. The summed E-state index contributed by atoms with van der Waals surface area (Å²) in [5, 5.41) is 9.27. The molecule has 0 amide bonds. The van der Waals surface area contributed by atoms with Gasteiger partial charge in [-0.15, -0.1) is 0 Å². The molecular weight excluding hydrogens is 176 g/mol. The Balaban J connectivity index is 2.10. The van der Waals surface area contributed by atoms with Gasteiger partial charge >= 0.3 is 0 Å². The predicted molar refractivity (Wildman–Crippen MR) is 55.6 cm³/mol. The Labute approximate surface area is 84.5 Å². The van der Waals surface area contributed by atoms with Gasteiger partial charge in [0, 0.05) is 12.8 Å². The predicted octanol–water partition coefficient (Wildman–Crippen LogP) is 2.07. The van der Waals surface area contributed by atoms with Crippen molar-refractivity contribution >= 4 is 0 Å².